The molecule has 56 valence electrons. The lowest BCUT2D eigenvalue weighted by molar-refractivity contribution is 0.417. The van der Waals surface area contributed by atoms with E-state index in [1.807, 2.05) is 0 Å². The topological polar surface area (TPSA) is 13.6 Å². The van der Waals surface area contributed by atoms with Crippen LogP contribution in [0, 0.1) is 6.57 Å². The second-order valence-electron chi connectivity index (χ2n) is 1.93. The fourth-order valence-electron chi connectivity index (χ4n) is 0.744. The first-order chi connectivity index (χ1) is 5.27. The molecule has 0 aliphatic carbocycles. The molecule has 2 nitrogen and oxygen atoms in total. The van der Waals surface area contributed by atoms with E-state index in [1.54, 1.807) is 18.2 Å². The van der Waals surface area contributed by atoms with Crippen molar-refractivity contribution in [3.8, 4) is 5.75 Å². The van der Waals surface area contributed by atoms with Gasteiger partial charge in [0.15, 0.2) is 0 Å². The minimum absolute atomic E-state index is 0.483. The average Bonchev–Trinajstić information content (AvgIpc) is 2.04. The standard InChI is InChI=1S/C8H6ClNO/c1-10-7-4-3-6(9)5-8(7)11-2/h3-5H,2H3. The van der Waals surface area contributed by atoms with Gasteiger partial charge in [0.05, 0.1) is 13.7 Å². The molecule has 0 heterocycles. The lowest BCUT2D eigenvalue weighted by Gasteiger charge is -2.01. The molecular weight excluding hydrogens is 162 g/mol. The highest BCUT2D eigenvalue weighted by Gasteiger charge is 2.01. The van der Waals surface area contributed by atoms with E-state index in [4.69, 9.17) is 22.9 Å². The van der Waals surface area contributed by atoms with Gasteiger partial charge >= 0.3 is 0 Å². The van der Waals surface area contributed by atoms with Crippen molar-refractivity contribution < 1.29 is 4.74 Å². The monoisotopic (exact) mass is 167 g/mol. The molecule has 1 aromatic carbocycles. The Morgan fingerprint density at radius 3 is 2.82 bits per heavy atom. The van der Waals surface area contributed by atoms with E-state index >= 15 is 0 Å². The maximum absolute atomic E-state index is 6.76. The van der Waals surface area contributed by atoms with Gasteiger partial charge < -0.3 is 4.74 Å². The van der Waals surface area contributed by atoms with Crippen LogP contribution in [-0.2, 0) is 0 Å². The number of rotatable bonds is 1. The van der Waals surface area contributed by atoms with Crippen molar-refractivity contribution in [3.05, 3.63) is 34.6 Å². The van der Waals surface area contributed by atoms with E-state index in [9.17, 15) is 0 Å². The summed E-state index contributed by atoms with van der Waals surface area (Å²) < 4.78 is 4.92. The lowest BCUT2D eigenvalue weighted by atomic mass is 10.3. The van der Waals surface area contributed by atoms with Gasteiger partial charge in [-0.3, -0.25) is 0 Å². The minimum Gasteiger partial charge on any atom is -0.508 e. The van der Waals surface area contributed by atoms with Crippen molar-refractivity contribution >= 4 is 17.3 Å². The third kappa shape index (κ3) is 1.63. The number of ether oxygens (including phenoxy) is 1. The Morgan fingerprint density at radius 2 is 2.27 bits per heavy atom. The summed E-state index contributed by atoms with van der Waals surface area (Å²) in [5, 5.41) is 0.578. The molecule has 3 heteroatoms. The molecule has 0 atom stereocenters. The van der Waals surface area contributed by atoms with Gasteiger partial charge in [0.2, 0.25) is 5.69 Å². The largest absolute Gasteiger partial charge is 0.508 e. The zero-order chi connectivity index (χ0) is 8.27. The SMILES string of the molecule is [C-]#[N+]c1ccc(Cl)cc1OC. The van der Waals surface area contributed by atoms with Gasteiger partial charge in [0.25, 0.3) is 0 Å². The van der Waals surface area contributed by atoms with Gasteiger partial charge in [-0.05, 0) is 6.07 Å². The van der Waals surface area contributed by atoms with Gasteiger partial charge in [-0.25, -0.2) is 4.85 Å². The Hall–Kier alpha value is -1.20. The number of nitrogens with zero attached hydrogens (tertiary/aromatic N) is 1. The van der Waals surface area contributed by atoms with E-state index in [-0.39, 0.29) is 0 Å². The molecule has 0 saturated carbocycles. The molecule has 0 unspecified atom stereocenters. The zero-order valence-corrected chi connectivity index (χ0v) is 6.72. The normalized spacial score (nSPS) is 8.82. The Bertz CT molecular complexity index is 303. The molecule has 0 aliphatic rings. The van der Waals surface area contributed by atoms with Crippen LogP contribution in [0.3, 0.4) is 0 Å². The summed E-state index contributed by atoms with van der Waals surface area (Å²) in [6.07, 6.45) is 0. The average molecular weight is 168 g/mol. The van der Waals surface area contributed by atoms with E-state index in [0.717, 1.165) is 0 Å². The predicted octanol–water partition coefficient (Wildman–Crippen LogP) is 2.90. The van der Waals surface area contributed by atoms with Crippen molar-refractivity contribution in [1.82, 2.24) is 0 Å². The van der Waals surface area contributed by atoms with E-state index in [2.05, 4.69) is 4.85 Å². The Morgan fingerprint density at radius 1 is 1.55 bits per heavy atom. The summed E-state index contributed by atoms with van der Waals surface area (Å²) in [7, 11) is 1.51. The van der Waals surface area contributed by atoms with Crippen LogP contribution >= 0.6 is 11.6 Å². The van der Waals surface area contributed by atoms with Crippen LogP contribution in [0.5, 0.6) is 5.75 Å². The van der Waals surface area contributed by atoms with Crippen LogP contribution in [0.1, 0.15) is 0 Å². The molecule has 0 aliphatic heterocycles. The van der Waals surface area contributed by atoms with Crippen LogP contribution in [0.4, 0.5) is 5.69 Å². The summed E-state index contributed by atoms with van der Waals surface area (Å²) in [6, 6.07) is 4.92. The first-order valence-electron chi connectivity index (χ1n) is 2.99. The molecule has 1 aromatic rings. The molecular formula is C8H6ClNO. The number of methoxy groups -OCH3 is 1. The van der Waals surface area contributed by atoms with Gasteiger partial charge in [0, 0.05) is 5.02 Å². The maximum Gasteiger partial charge on any atom is 0.228 e. The second kappa shape index (κ2) is 3.27. The highest BCUT2D eigenvalue weighted by atomic mass is 35.5. The molecule has 0 bridgehead atoms. The number of hydrogen-bond acceptors (Lipinski definition) is 1. The van der Waals surface area contributed by atoms with Crippen LogP contribution < -0.4 is 4.74 Å². The Labute approximate surface area is 70.2 Å². The molecule has 0 fully saturated rings. The molecule has 1 rings (SSSR count). The van der Waals surface area contributed by atoms with Crippen molar-refractivity contribution in [1.29, 1.82) is 0 Å². The van der Waals surface area contributed by atoms with Gasteiger partial charge in [0.1, 0.15) is 5.75 Å². The number of halogens is 1. The summed E-state index contributed by atoms with van der Waals surface area (Å²) in [5.74, 6) is 0.521. The summed E-state index contributed by atoms with van der Waals surface area (Å²) in [4.78, 5) is 3.25. The molecule has 0 radical (unpaired) electrons. The molecule has 0 saturated heterocycles. The van der Waals surface area contributed by atoms with Crippen molar-refractivity contribution in [2.45, 2.75) is 0 Å². The summed E-state index contributed by atoms with van der Waals surface area (Å²) in [6.45, 7) is 6.76. The van der Waals surface area contributed by atoms with Crippen molar-refractivity contribution in [2.24, 2.45) is 0 Å². The third-order valence-electron chi connectivity index (χ3n) is 1.26. The highest BCUT2D eigenvalue weighted by Crippen LogP contribution is 2.29. The van der Waals surface area contributed by atoms with Crippen LogP contribution in [0.25, 0.3) is 4.85 Å². The Balaban J connectivity index is 3.19. The first kappa shape index (κ1) is 7.90. The van der Waals surface area contributed by atoms with Crippen molar-refractivity contribution in [3.63, 3.8) is 0 Å². The molecule has 0 N–H and O–H groups in total. The van der Waals surface area contributed by atoms with E-state index < -0.39 is 0 Å². The zero-order valence-electron chi connectivity index (χ0n) is 5.97. The fraction of sp³-hybridized carbons (Fsp3) is 0.125. The fourth-order valence-corrected chi connectivity index (χ4v) is 0.906. The lowest BCUT2D eigenvalue weighted by Crippen LogP contribution is -1.81. The molecule has 11 heavy (non-hydrogen) atoms. The number of benzene rings is 1. The van der Waals surface area contributed by atoms with Crippen LogP contribution in [-0.4, -0.2) is 7.11 Å². The van der Waals surface area contributed by atoms with Crippen LogP contribution in [0.15, 0.2) is 18.2 Å². The van der Waals surface area contributed by atoms with E-state index in [1.165, 1.54) is 7.11 Å². The van der Waals surface area contributed by atoms with Gasteiger partial charge in [-0.2, -0.15) is 0 Å². The minimum atomic E-state index is 0.483. The van der Waals surface area contributed by atoms with E-state index in [0.29, 0.717) is 16.5 Å². The van der Waals surface area contributed by atoms with Crippen LogP contribution in [0.2, 0.25) is 5.02 Å². The second-order valence-corrected chi connectivity index (χ2v) is 2.36. The maximum atomic E-state index is 6.76. The summed E-state index contributed by atoms with van der Waals surface area (Å²) in [5.41, 5.74) is 0.483. The first-order valence-corrected chi connectivity index (χ1v) is 3.36. The van der Waals surface area contributed by atoms with Crippen molar-refractivity contribution in [2.75, 3.05) is 7.11 Å². The molecule has 0 amide bonds. The smallest absolute Gasteiger partial charge is 0.228 e. The van der Waals surface area contributed by atoms with Gasteiger partial charge in [-0.15, -0.1) is 0 Å². The Kier molecular flexibility index (Phi) is 2.35. The predicted molar refractivity (Wildman–Crippen MR) is 44.3 cm³/mol. The molecule has 0 spiro atoms. The van der Waals surface area contributed by atoms with Gasteiger partial charge in [-0.1, -0.05) is 23.7 Å². The highest BCUT2D eigenvalue weighted by molar-refractivity contribution is 6.30. The summed E-state index contributed by atoms with van der Waals surface area (Å²) >= 11 is 5.67. The number of hydrogen-bond donors (Lipinski definition) is 0. The molecule has 0 aromatic heterocycles. The quantitative estimate of drug-likeness (QED) is 0.587. The third-order valence-corrected chi connectivity index (χ3v) is 1.50.